The SMILES string of the molecule is [CH2]COCCOCC1CO1. The van der Waals surface area contributed by atoms with Crippen molar-refractivity contribution in [2.24, 2.45) is 0 Å². The fourth-order valence-electron chi connectivity index (χ4n) is 0.599. The molecule has 1 saturated heterocycles. The molecule has 3 heteroatoms. The number of rotatable bonds is 6. The van der Waals surface area contributed by atoms with Crippen molar-refractivity contribution in [1.29, 1.82) is 0 Å². The molecule has 0 spiro atoms. The third kappa shape index (κ3) is 3.82. The van der Waals surface area contributed by atoms with Crippen LogP contribution in [0.5, 0.6) is 0 Å². The first-order chi connectivity index (χ1) is 4.93. The van der Waals surface area contributed by atoms with E-state index in [1.54, 1.807) is 0 Å². The van der Waals surface area contributed by atoms with Crippen LogP contribution in [-0.2, 0) is 14.2 Å². The smallest absolute Gasteiger partial charge is 0.104 e. The highest BCUT2D eigenvalue weighted by Crippen LogP contribution is 2.07. The van der Waals surface area contributed by atoms with Crippen LogP contribution in [0, 0.1) is 6.92 Å². The van der Waals surface area contributed by atoms with Gasteiger partial charge in [-0.2, -0.15) is 0 Å². The molecule has 1 unspecified atom stereocenters. The molecule has 1 rings (SSSR count). The fraction of sp³-hybridized carbons (Fsp3) is 0.857. The van der Waals surface area contributed by atoms with Gasteiger partial charge in [-0.25, -0.2) is 0 Å². The Labute approximate surface area is 61.3 Å². The summed E-state index contributed by atoms with van der Waals surface area (Å²) in [5, 5.41) is 0. The lowest BCUT2D eigenvalue weighted by molar-refractivity contribution is 0.0509. The summed E-state index contributed by atoms with van der Waals surface area (Å²) >= 11 is 0. The summed E-state index contributed by atoms with van der Waals surface area (Å²) < 4.78 is 15.1. The number of hydrogen-bond acceptors (Lipinski definition) is 3. The molecule has 1 atom stereocenters. The maximum atomic E-state index is 5.18. The van der Waals surface area contributed by atoms with Gasteiger partial charge >= 0.3 is 0 Å². The lowest BCUT2D eigenvalue weighted by atomic mass is 10.5. The summed E-state index contributed by atoms with van der Waals surface area (Å²) in [5.74, 6) is 0. The molecule has 0 aromatic rings. The maximum absolute atomic E-state index is 5.18. The summed E-state index contributed by atoms with van der Waals surface area (Å²) in [6, 6.07) is 0. The molecule has 0 aromatic carbocycles. The second-order valence-corrected chi connectivity index (χ2v) is 2.14. The quantitative estimate of drug-likeness (QED) is 0.396. The highest BCUT2D eigenvalue weighted by Gasteiger charge is 2.21. The van der Waals surface area contributed by atoms with Crippen molar-refractivity contribution >= 4 is 0 Å². The second kappa shape index (κ2) is 4.66. The van der Waals surface area contributed by atoms with E-state index in [1.165, 1.54) is 0 Å². The third-order valence-electron chi connectivity index (χ3n) is 1.22. The number of epoxide rings is 1. The number of ether oxygens (including phenoxy) is 3. The summed E-state index contributed by atoms with van der Waals surface area (Å²) in [7, 11) is 0. The maximum Gasteiger partial charge on any atom is 0.104 e. The van der Waals surface area contributed by atoms with Gasteiger partial charge in [0.15, 0.2) is 0 Å². The third-order valence-corrected chi connectivity index (χ3v) is 1.22. The van der Waals surface area contributed by atoms with E-state index in [-0.39, 0.29) is 0 Å². The average Bonchev–Trinajstić information content (AvgIpc) is 2.71. The first-order valence-corrected chi connectivity index (χ1v) is 3.50. The van der Waals surface area contributed by atoms with E-state index in [0.717, 1.165) is 6.61 Å². The monoisotopic (exact) mass is 145 g/mol. The zero-order chi connectivity index (χ0) is 7.23. The lowest BCUT2D eigenvalue weighted by Gasteiger charge is -2.00. The molecule has 0 N–H and O–H groups in total. The number of hydrogen-bond donors (Lipinski definition) is 0. The van der Waals surface area contributed by atoms with Gasteiger partial charge in [-0.15, -0.1) is 0 Å². The van der Waals surface area contributed by atoms with E-state index in [9.17, 15) is 0 Å². The molecular formula is C7H13O3. The Hall–Kier alpha value is -0.120. The van der Waals surface area contributed by atoms with Crippen molar-refractivity contribution in [2.75, 3.05) is 33.0 Å². The van der Waals surface area contributed by atoms with Crippen LogP contribution in [0.25, 0.3) is 0 Å². The minimum absolute atomic E-state index is 0.361. The Morgan fingerprint density at radius 1 is 1.40 bits per heavy atom. The van der Waals surface area contributed by atoms with Crippen molar-refractivity contribution in [3.05, 3.63) is 6.92 Å². The van der Waals surface area contributed by atoms with Gasteiger partial charge in [0.2, 0.25) is 0 Å². The van der Waals surface area contributed by atoms with Gasteiger partial charge in [0.05, 0.1) is 26.4 Å². The zero-order valence-electron chi connectivity index (χ0n) is 6.04. The van der Waals surface area contributed by atoms with E-state index in [1.807, 2.05) is 0 Å². The summed E-state index contributed by atoms with van der Waals surface area (Å²) in [6.07, 6.45) is 0.361. The molecule has 1 radical (unpaired) electrons. The molecule has 1 fully saturated rings. The summed E-state index contributed by atoms with van der Waals surface area (Å²) in [5.41, 5.74) is 0. The van der Waals surface area contributed by atoms with E-state index in [2.05, 4.69) is 6.92 Å². The van der Waals surface area contributed by atoms with E-state index in [4.69, 9.17) is 14.2 Å². The topological polar surface area (TPSA) is 31.0 Å². The molecule has 0 aliphatic carbocycles. The van der Waals surface area contributed by atoms with Crippen molar-refractivity contribution in [1.82, 2.24) is 0 Å². The van der Waals surface area contributed by atoms with Crippen molar-refractivity contribution in [3.63, 3.8) is 0 Å². The van der Waals surface area contributed by atoms with Gasteiger partial charge in [0, 0.05) is 6.61 Å². The fourth-order valence-corrected chi connectivity index (χ4v) is 0.599. The van der Waals surface area contributed by atoms with E-state index >= 15 is 0 Å². The van der Waals surface area contributed by atoms with Crippen LogP contribution < -0.4 is 0 Å². The zero-order valence-corrected chi connectivity index (χ0v) is 6.04. The molecule has 10 heavy (non-hydrogen) atoms. The van der Waals surface area contributed by atoms with Crippen LogP contribution in [0.3, 0.4) is 0 Å². The van der Waals surface area contributed by atoms with Crippen molar-refractivity contribution in [3.8, 4) is 0 Å². The van der Waals surface area contributed by atoms with Gasteiger partial charge in [0.1, 0.15) is 6.10 Å². The predicted molar refractivity (Wildman–Crippen MR) is 36.7 cm³/mol. The Balaban J connectivity index is 1.68. The lowest BCUT2D eigenvalue weighted by Crippen LogP contribution is -2.07. The minimum atomic E-state index is 0.361. The molecule has 0 amide bonds. The summed E-state index contributed by atoms with van der Waals surface area (Å²) in [4.78, 5) is 0. The molecule has 3 nitrogen and oxygen atoms in total. The van der Waals surface area contributed by atoms with Crippen LogP contribution in [0.15, 0.2) is 0 Å². The standard InChI is InChI=1S/C7H13O3/c1-2-8-3-4-9-5-7-6-10-7/h7H,1-6H2. The summed E-state index contributed by atoms with van der Waals surface area (Å²) in [6.45, 7) is 6.89. The van der Waals surface area contributed by atoms with Crippen molar-refractivity contribution in [2.45, 2.75) is 6.10 Å². The van der Waals surface area contributed by atoms with Crippen molar-refractivity contribution < 1.29 is 14.2 Å². The second-order valence-electron chi connectivity index (χ2n) is 2.14. The highest BCUT2D eigenvalue weighted by atomic mass is 16.6. The highest BCUT2D eigenvalue weighted by molar-refractivity contribution is 4.66. The van der Waals surface area contributed by atoms with E-state index < -0.39 is 0 Å². The molecule has 1 aliphatic heterocycles. The minimum Gasteiger partial charge on any atom is -0.379 e. The predicted octanol–water partition coefficient (Wildman–Crippen LogP) is 0.252. The Bertz CT molecular complexity index is 80.9. The molecule has 1 aliphatic rings. The Kier molecular flexibility index (Phi) is 3.72. The molecule has 1 heterocycles. The normalized spacial score (nSPS) is 23.1. The van der Waals surface area contributed by atoms with Crippen LogP contribution in [-0.4, -0.2) is 39.1 Å². The molecule has 0 aromatic heterocycles. The largest absolute Gasteiger partial charge is 0.379 e. The Morgan fingerprint density at radius 2 is 2.10 bits per heavy atom. The van der Waals surface area contributed by atoms with Crippen LogP contribution in [0.2, 0.25) is 0 Å². The molecule has 0 saturated carbocycles. The first kappa shape index (κ1) is 7.98. The molecule has 0 bridgehead atoms. The first-order valence-electron chi connectivity index (χ1n) is 3.50. The van der Waals surface area contributed by atoms with Gasteiger partial charge in [-0.05, 0) is 6.92 Å². The van der Waals surface area contributed by atoms with Crippen LogP contribution >= 0.6 is 0 Å². The van der Waals surface area contributed by atoms with E-state index in [0.29, 0.717) is 32.5 Å². The van der Waals surface area contributed by atoms with Gasteiger partial charge in [-0.1, -0.05) is 0 Å². The van der Waals surface area contributed by atoms with Crippen LogP contribution in [0.4, 0.5) is 0 Å². The molecular weight excluding hydrogens is 132 g/mol. The Morgan fingerprint density at radius 3 is 2.70 bits per heavy atom. The van der Waals surface area contributed by atoms with Gasteiger partial charge < -0.3 is 14.2 Å². The van der Waals surface area contributed by atoms with Gasteiger partial charge in [-0.3, -0.25) is 0 Å². The molecule has 59 valence electrons. The van der Waals surface area contributed by atoms with Gasteiger partial charge in [0.25, 0.3) is 0 Å². The van der Waals surface area contributed by atoms with Crippen LogP contribution in [0.1, 0.15) is 0 Å². The average molecular weight is 145 g/mol.